The first-order chi connectivity index (χ1) is 52.0. The first kappa shape index (κ1) is 74.8. The second-order valence-electron chi connectivity index (χ2n) is 28.1. The van der Waals surface area contributed by atoms with Crippen molar-refractivity contribution in [2.75, 3.05) is 0 Å². The van der Waals surface area contributed by atoms with Crippen molar-refractivity contribution < 1.29 is 0 Å². The standard InChI is InChI=1S/C34H30S6.C32H26S6.C20H14S4.C5H6S/c1-15-9-19(5)35-29(15)31-17(3)11-25(39-31)27-23-13-21(7)38-34(23)28(24-14-22(8)37-33(24)27)26-12-18(4)32(40-26)30-16(2)10-20(6)36-30;1-15-11-25(37-29(15)23-9-7-17(3)33-23)27-21-13-19(5)36-32(21)28(22-14-20(6)35-31(22)27)26-12-16(2)30(38-26)24-10-8-18(4)34-24;1-11-9-13-17(15-5-3-7-21-15)20-14(10-12(2)24-20)18(19(13)23-11)16-6-4-8-22-16;1-5-3-2-4-6-5/h9-14H,1-8H3;7-14H,1-6H3;3-10H,1-2H3;2-4H,1H3. The van der Waals surface area contributed by atoms with E-state index in [-0.39, 0.29) is 0 Å². The Morgan fingerprint density at radius 2 is 0.417 bits per heavy atom. The molecule has 17 heteroatoms. The van der Waals surface area contributed by atoms with Gasteiger partial charge in [0.1, 0.15) is 0 Å². The van der Waals surface area contributed by atoms with E-state index in [2.05, 4.69) is 267 Å². The molecule has 0 saturated carbocycles. The third-order valence-corrected chi connectivity index (χ3v) is 38.4. The predicted molar refractivity (Wildman–Crippen MR) is 510 cm³/mol. The van der Waals surface area contributed by atoms with Crippen molar-refractivity contribution in [3.05, 3.63) is 237 Å². The molecule has 0 radical (unpaired) electrons. The van der Waals surface area contributed by atoms with Gasteiger partial charge >= 0.3 is 0 Å². The molecule has 0 nitrogen and oxygen atoms in total. The zero-order valence-corrected chi connectivity index (χ0v) is 76.8. The van der Waals surface area contributed by atoms with E-state index >= 15 is 0 Å². The Bertz CT molecular complexity index is 6200. The zero-order valence-electron chi connectivity index (χ0n) is 62.9. The van der Waals surface area contributed by atoms with E-state index in [4.69, 9.17) is 0 Å². The Hall–Kier alpha value is -5.88. The van der Waals surface area contributed by atoms with E-state index in [0.717, 1.165) is 0 Å². The fraction of sp³-hybridized carbons (Fsp3) is 0.187. The monoisotopic (exact) mass is 1710 g/mol. The summed E-state index contributed by atoms with van der Waals surface area (Å²) >= 11 is 32.7. The summed E-state index contributed by atoms with van der Waals surface area (Å²) in [5.41, 5.74) is 16.9. The minimum Gasteiger partial charge on any atom is -0.149 e. The zero-order chi connectivity index (χ0) is 75.0. The molecule has 0 aliphatic rings. The number of rotatable bonds is 10. The van der Waals surface area contributed by atoms with E-state index in [0.29, 0.717) is 0 Å². The lowest BCUT2D eigenvalue weighted by molar-refractivity contribution is 1.49. The van der Waals surface area contributed by atoms with E-state index in [1.807, 2.05) is 181 Å². The quantitative estimate of drug-likeness (QED) is 0.128. The van der Waals surface area contributed by atoms with Crippen LogP contribution in [0.3, 0.4) is 0 Å². The lowest BCUT2D eigenvalue weighted by Gasteiger charge is -2.09. The van der Waals surface area contributed by atoms with Crippen LogP contribution >= 0.6 is 193 Å². The van der Waals surface area contributed by atoms with Crippen LogP contribution in [-0.2, 0) is 0 Å². The molecule has 0 aliphatic carbocycles. The summed E-state index contributed by atoms with van der Waals surface area (Å²) in [5.74, 6) is 0. The molecule has 0 unspecified atom stereocenters. The van der Waals surface area contributed by atoms with Gasteiger partial charge in [0.15, 0.2) is 0 Å². The van der Waals surface area contributed by atoms with Crippen molar-refractivity contribution in [3.8, 4) is 102 Å². The van der Waals surface area contributed by atoms with Gasteiger partial charge in [0.25, 0.3) is 0 Å². The van der Waals surface area contributed by atoms with E-state index in [9.17, 15) is 0 Å². The van der Waals surface area contributed by atoms with Crippen LogP contribution in [0, 0.1) is 118 Å². The summed E-state index contributed by atoms with van der Waals surface area (Å²) < 4.78 is 8.59. The van der Waals surface area contributed by atoms with Gasteiger partial charge in [0.2, 0.25) is 0 Å². The molecule has 0 saturated heterocycles. The largest absolute Gasteiger partial charge is 0.149 e. The molecule has 0 bridgehead atoms. The minimum atomic E-state index is 1.37. The maximum atomic E-state index is 2.44. The number of thiophene rings is 17. The Balaban J connectivity index is 0.000000117. The van der Waals surface area contributed by atoms with Crippen LogP contribution < -0.4 is 0 Å². The molecule has 0 spiro atoms. The van der Waals surface area contributed by atoms with Gasteiger partial charge in [-0.05, 0) is 282 Å². The van der Waals surface area contributed by atoms with Gasteiger partial charge < -0.3 is 0 Å². The van der Waals surface area contributed by atoms with Crippen LogP contribution in [-0.4, -0.2) is 0 Å². The number of benzene rings is 3. The molecule has 0 fully saturated rings. The van der Waals surface area contributed by atoms with Crippen molar-refractivity contribution in [2.45, 2.75) is 118 Å². The normalized spacial score (nSPS) is 11.8. The van der Waals surface area contributed by atoms with Crippen LogP contribution in [0.2, 0.25) is 0 Å². The summed E-state index contributed by atoms with van der Waals surface area (Å²) in [6.07, 6.45) is 0. The fourth-order valence-electron chi connectivity index (χ4n) is 14.9. The predicted octanol–water partition coefficient (Wildman–Crippen LogP) is 36.6. The third kappa shape index (κ3) is 14.0. The molecule has 0 aliphatic heterocycles. The van der Waals surface area contributed by atoms with Gasteiger partial charge in [-0.1, -0.05) is 18.2 Å². The summed E-state index contributed by atoms with van der Waals surface area (Å²) in [4.78, 5) is 34.8. The first-order valence-electron chi connectivity index (χ1n) is 35.7. The highest BCUT2D eigenvalue weighted by molar-refractivity contribution is 7.29. The van der Waals surface area contributed by atoms with E-state index in [1.54, 1.807) is 11.3 Å². The van der Waals surface area contributed by atoms with E-state index in [1.165, 1.54) is 249 Å². The molecule has 20 aromatic rings. The molecule has 0 amide bonds. The molecule has 3 aromatic carbocycles. The third-order valence-electron chi connectivity index (χ3n) is 19.4. The van der Waals surface area contributed by atoms with Gasteiger partial charge in [-0.15, -0.1) is 193 Å². The van der Waals surface area contributed by atoms with Crippen molar-refractivity contribution in [3.63, 3.8) is 0 Å². The van der Waals surface area contributed by atoms with Crippen molar-refractivity contribution in [1.82, 2.24) is 0 Å². The smallest absolute Gasteiger partial charge is 0.0481 e. The lowest BCUT2D eigenvalue weighted by atomic mass is 9.99. The molecule has 17 heterocycles. The van der Waals surface area contributed by atoms with Crippen molar-refractivity contribution in [2.24, 2.45) is 0 Å². The summed E-state index contributed by atoms with van der Waals surface area (Å²) in [6, 6.07) is 50.9. The average Bonchev–Trinajstić information content (AvgIpc) is 1.57. The summed E-state index contributed by atoms with van der Waals surface area (Å²) in [6.45, 7) is 38.1. The lowest BCUT2D eigenvalue weighted by Crippen LogP contribution is -1.81. The Morgan fingerprint density at radius 1 is 0.167 bits per heavy atom. The van der Waals surface area contributed by atoms with E-state index < -0.39 is 0 Å². The SMILES string of the molecule is Cc1cc(C)c(-c2sc(-c3c4cc(C)sc4c(-c4cc(C)c(-c5sc(C)cc5C)s4)c4cc(C)sc34)cc2C)s1.Cc1cc2c(-c3cccs3)c3sc(C)cc3c(-c3cccs3)c2s1.Cc1ccc(-c2sc(-c3c4cc(C)sc4c(-c4cc(C)c(-c5ccc(C)s5)s4)c4cc(C)sc34)cc2C)s1.Cc1cccs1. The van der Waals surface area contributed by atoms with Gasteiger partial charge in [-0.3, -0.25) is 0 Å². The molecule has 17 aromatic heterocycles. The van der Waals surface area contributed by atoms with Crippen molar-refractivity contribution in [1.29, 1.82) is 0 Å². The molecular formula is C91H76S17. The van der Waals surface area contributed by atoms with Crippen LogP contribution in [0.5, 0.6) is 0 Å². The molecule has 0 atom stereocenters. The molecular weight excluding hydrogens is 1640 g/mol. The van der Waals surface area contributed by atoms with Gasteiger partial charge in [-0.2, -0.15) is 0 Å². The maximum absolute atomic E-state index is 2.44. The van der Waals surface area contributed by atoms with Gasteiger partial charge in [0, 0.05) is 216 Å². The molecule has 20 rings (SSSR count). The summed E-state index contributed by atoms with van der Waals surface area (Å²) in [7, 11) is 0. The fourth-order valence-corrected chi connectivity index (χ4v) is 33.6. The second kappa shape index (κ2) is 30.2. The Labute approximate surface area is 700 Å². The molecule has 0 N–H and O–H groups in total. The summed E-state index contributed by atoms with van der Waals surface area (Å²) in [5, 5.41) is 14.9. The number of hydrogen-bond acceptors (Lipinski definition) is 17. The highest BCUT2D eigenvalue weighted by Crippen LogP contribution is 2.58. The van der Waals surface area contributed by atoms with Crippen LogP contribution in [0.1, 0.15) is 87.0 Å². The number of aryl methyl sites for hydroxylation is 17. The van der Waals surface area contributed by atoms with Crippen LogP contribution in [0.4, 0.5) is 0 Å². The first-order valence-corrected chi connectivity index (χ1v) is 49.7. The topological polar surface area (TPSA) is 0 Å². The maximum Gasteiger partial charge on any atom is 0.0481 e. The minimum absolute atomic E-state index is 1.37. The Kier molecular flexibility index (Phi) is 20.9. The number of fused-ring (bicyclic) bond motifs is 6. The van der Waals surface area contributed by atoms with Crippen molar-refractivity contribution >= 4 is 253 Å². The molecule has 542 valence electrons. The highest BCUT2D eigenvalue weighted by atomic mass is 32.2. The average molecular weight is 1710 g/mol. The van der Waals surface area contributed by atoms with Gasteiger partial charge in [0.05, 0.1) is 0 Å². The Morgan fingerprint density at radius 3 is 0.648 bits per heavy atom. The second-order valence-corrected chi connectivity index (χ2v) is 48.0. The highest BCUT2D eigenvalue weighted by Gasteiger charge is 2.29. The van der Waals surface area contributed by atoms with Gasteiger partial charge in [-0.25, -0.2) is 0 Å². The van der Waals surface area contributed by atoms with Crippen LogP contribution in [0.15, 0.2) is 150 Å². The van der Waals surface area contributed by atoms with Crippen LogP contribution in [0.25, 0.3) is 162 Å². The molecule has 108 heavy (non-hydrogen) atoms. The number of hydrogen-bond donors (Lipinski definition) is 0.